The van der Waals surface area contributed by atoms with Gasteiger partial charge in [-0.15, -0.1) is 0 Å². The number of piperidine rings is 1. The van der Waals surface area contributed by atoms with Crippen molar-refractivity contribution in [1.82, 2.24) is 0 Å². The van der Waals surface area contributed by atoms with Gasteiger partial charge in [-0.25, -0.2) is 4.79 Å². The van der Waals surface area contributed by atoms with Gasteiger partial charge < -0.3 is 14.4 Å². The van der Waals surface area contributed by atoms with Crippen LogP contribution in [0.1, 0.15) is 44.1 Å². The highest BCUT2D eigenvalue weighted by molar-refractivity contribution is 5.81. The molecule has 1 aliphatic carbocycles. The van der Waals surface area contributed by atoms with Crippen LogP contribution in [0, 0.1) is 5.92 Å². The minimum Gasteiger partial charge on any atom is -0.508 e. The Morgan fingerprint density at radius 3 is 2.87 bits per heavy atom. The molecule has 2 heterocycles. The highest BCUT2D eigenvalue weighted by Crippen LogP contribution is 2.29. The second-order valence-corrected chi connectivity index (χ2v) is 7.15. The predicted octanol–water partition coefficient (Wildman–Crippen LogP) is 2.24. The first-order chi connectivity index (χ1) is 11.2. The Hall–Kier alpha value is -1.81. The summed E-state index contributed by atoms with van der Waals surface area (Å²) >= 11 is 0. The zero-order valence-electron chi connectivity index (χ0n) is 13.4. The van der Waals surface area contributed by atoms with Crippen molar-refractivity contribution < 1.29 is 14.4 Å². The minimum absolute atomic E-state index is 0.135. The van der Waals surface area contributed by atoms with Gasteiger partial charge in [-0.3, -0.25) is 0 Å². The highest BCUT2D eigenvalue weighted by atomic mass is 16.4. The molecule has 2 aliphatic rings. The Morgan fingerprint density at radius 1 is 1.13 bits per heavy atom. The molecule has 0 bridgehead atoms. The maximum Gasteiger partial charge on any atom is 0.336 e. The van der Waals surface area contributed by atoms with Gasteiger partial charge in [0.15, 0.2) is 0 Å². The van der Waals surface area contributed by atoms with E-state index < -0.39 is 0 Å². The van der Waals surface area contributed by atoms with Crippen LogP contribution < -0.4 is 10.5 Å². The highest BCUT2D eigenvalue weighted by Gasteiger charge is 2.36. The summed E-state index contributed by atoms with van der Waals surface area (Å²) < 4.78 is 5.25. The van der Waals surface area contributed by atoms with Crippen molar-refractivity contribution >= 4 is 11.0 Å². The van der Waals surface area contributed by atoms with E-state index in [0.717, 1.165) is 29.5 Å². The lowest BCUT2D eigenvalue weighted by molar-refractivity contribution is -0.949. The van der Waals surface area contributed by atoms with Gasteiger partial charge in [0.25, 0.3) is 0 Å². The number of aromatic hydroxyl groups is 1. The molecule has 122 valence electrons. The minimum atomic E-state index is -0.324. The summed E-state index contributed by atoms with van der Waals surface area (Å²) in [6.07, 6.45) is 8.08. The summed E-state index contributed by atoms with van der Waals surface area (Å²) in [6.45, 7) is 2.08. The summed E-state index contributed by atoms with van der Waals surface area (Å²) in [7, 11) is 0. The van der Waals surface area contributed by atoms with Gasteiger partial charge in [0.1, 0.15) is 17.9 Å². The number of likely N-dealkylation sites (tertiary alicyclic amines) is 1. The molecular formula is C19H24NO3+. The average Bonchev–Trinajstić information content (AvgIpc) is 2.54. The summed E-state index contributed by atoms with van der Waals surface area (Å²) in [4.78, 5) is 13.5. The number of phenolic OH excluding ortho intramolecular Hbond substituents is 1. The Morgan fingerprint density at radius 2 is 1.96 bits per heavy atom. The molecule has 0 radical (unpaired) electrons. The van der Waals surface area contributed by atoms with Gasteiger partial charge in [-0.1, -0.05) is 6.42 Å². The number of benzene rings is 1. The SMILES string of the molecule is O=c1cc(C[NH+]2CCC[C@H]3CCCC[C@@H]32)c2ccc(O)cc2o1. The fourth-order valence-corrected chi connectivity index (χ4v) is 4.70. The Labute approximate surface area is 135 Å². The van der Waals surface area contributed by atoms with Crippen LogP contribution in [-0.4, -0.2) is 17.7 Å². The summed E-state index contributed by atoms with van der Waals surface area (Å²) in [5.41, 5.74) is 1.22. The van der Waals surface area contributed by atoms with Crippen molar-refractivity contribution in [3.8, 4) is 5.75 Å². The zero-order valence-corrected chi connectivity index (χ0v) is 13.4. The number of hydrogen-bond donors (Lipinski definition) is 2. The molecular weight excluding hydrogens is 290 g/mol. The van der Waals surface area contributed by atoms with Crippen molar-refractivity contribution in [1.29, 1.82) is 0 Å². The van der Waals surface area contributed by atoms with Gasteiger partial charge in [-0.2, -0.15) is 0 Å². The van der Waals surface area contributed by atoms with Crippen LogP contribution in [0.3, 0.4) is 0 Å². The van der Waals surface area contributed by atoms with E-state index in [1.54, 1.807) is 17.0 Å². The van der Waals surface area contributed by atoms with Gasteiger partial charge in [0.2, 0.25) is 0 Å². The van der Waals surface area contributed by atoms with E-state index in [1.807, 2.05) is 6.07 Å². The molecule has 1 saturated carbocycles. The van der Waals surface area contributed by atoms with E-state index in [4.69, 9.17) is 4.42 Å². The largest absolute Gasteiger partial charge is 0.508 e. The van der Waals surface area contributed by atoms with Gasteiger partial charge in [0.05, 0.1) is 12.6 Å². The van der Waals surface area contributed by atoms with Crippen LogP contribution in [0.25, 0.3) is 11.0 Å². The Bertz CT molecular complexity index is 765. The molecule has 0 amide bonds. The quantitative estimate of drug-likeness (QED) is 0.836. The second kappa shape index (κ2) is 6.00. The maximum atomic E-state index is 11.9. The smallest absolute Gasteiger partial charge is 0.336 e. The molecule has 1 aromatic carbocycles. The van der Waals surface area contributed by atoms with Crippen LogP contribution in [0.4, 0.5) is 0 Å². The lowest BCUT2D eigenvalue weighted by Gasteiger charge is -2.41. The van der Waals surface area contributed by atoms with E-state index in [-0.39, 0.29) is 11.4 Å². The first kappa shape index (κ1) is 14.8. The monoisotopic (exact) mass is 314 g/mol. The topological polar surface area (TPSA) is 54.9 Å². The molecule has 23 heavy (non-hydrogen) atoms. The molecule has 4 nitrogen and oxygen atoms in total. The molecule has 0 spiro atoms. The van der Waals surface area contributed by atoms with Crippen molar-refractivity contribution in [2.24, 2.45) is 5.92 Å². The van der Waals surface area contributed by atoms with Crippen LogP contribution >= 0.6 is 0 Å². The molecule has 1 saturated heterocycles. The van der Waals surface area contributed by atoms with Crippen molar-refractivity contribution in [3.63, 3.8) is 0 Å². The number of hydrogen-bond acceptors (Lipinski definition) is 3. The van der Waals surface area contributed by atoms with Crippen molar-refractivity contribution in [2.45, 2.75) is 51.1 Å². The maximum absolute atomic E-state index is 11.9. The molecule has 1 unspecified atom stereocenters. The molecule has 2 N–H and O–H groups in total. The van der Waals surface area contributed by atoms with Gasteiger partial charge >= 0.3 is 5.63 Å². The third-order valence-corrected chi connectivity index (χ3v) is 5.74. The van der Waals surface area contributed by atoms with Crippen LogP contribution in [0.15, 0.2) is 33.5 Å². The third kappa shape index (κ3) is 2.88. The third-order valence-electron chi connectivity index (χ3n) is 5.74. The van der Waals surface area contributed by atoms with Gasteiger partial charge in [0, 0.05) is 29.0 Å². The van der Waals surface area contributed by atoms with Crippen LogP contribution in [0.5, 0.6) is 5.75 Å². The fourth-order valence-electron chi connectivity index (χ4n) is 4.70. The van der Waals surface area contributed by atoms with E-state index in [0.29, 0.717) is 5.58 Å². The molecule has 3 atom stereocenters. The number of nitrogens with one attached hydrogen (secondary N) is 1. The Kier molecular flexibility index (Phi) is 3.85. The first-order valence-electron chi connectivity index (χ1n) is 8.81. The van der Waals surface area contributed by atoms with Crippen molar-refractivity contribution in [3.05, 3.63) is 40.2 Å². The van der Waals surface area contributed by atoms with Crippen LogP contribution in [0.2, 0.25) is 0 Å². The first-order valence-corrected chi connectivity index (χ1v) is 8.81. The van der Waals surface area contributed by atoms with E-state index in [9.17, 15) is 9.90 Å². The molecule has 2 fully saturated rings. The Balaban J connectivity index is 1.68. The lowest BCUT2D eigenvalue weighted by Crippen LogP contribution is -3.16. The lowest BCUT2D eigenvalue weighted by atomic mass is 9.78. The van der Waals surface area contributed by atoms with Crippen LogP contribution in [-0.2, 0) is 6.54 Å². The van der Waals surface area contributed by atoms with E-state index in [2.05, 4.69) is 0 Å². The molecule has 1 aromatic heterocycles. The standard InChI is InChI=1S/C19H23NO3/c21-15-7-8-16-14(10-19(22)23-18(16)11-15)12-20-9-3-5-13-4-1-2-6-17(13)20/h7-8,10-11,13,17,21H,1-6,9,12H2/p+1/t13-,17+/m1/s1. The number of rotatable bonds is 2. The second-order valence-electron chi connectivity index (χ2n) is 7.15. The van der Waals surface area contributed by atoms with E-state index >= 15 is 0 Å². The summed E-state index contributed by atoms with van der Waals surface area (Å²) in [5, 5.41) is 10.6. The van der Waals surface area contributed by atoms with Crippen molar-refractivity contribution in [2.75, 3.05) is 6.54 Å². The average molecular weight is 314 g/mol. The molecule has 1 aliphatic heterocycles. The normalized spacial score (nSPS) is 27.7. The number of quaternary nitrogens is 1. The molecule has 2 aromatic rings. The number of phenols is 1. The van der Waals surface area contributed by atoms with Gasteiger partial charge in [-0.05, 0) is 44.2 Å². The molecule has 4 heteroatoms. The zero-order chi connectivity index (χ0) is 15.8. The fraction of sp³-hybridized carbons (Fsp3) is 0.526. The summed E-state index contributed by atoms with van der Waals surface area (Å²) in [5.74, 6) is 0.999. The summed E-state index contributed by atoms with van der Waals surface area (Å²) in [6, 6.07) is 7.45. The number of fused-ring (bicyclic) bond motifs is 2. The predicted molar refractivity (Wildman–Crippen MR) is 88.7 cm³/mol. The van der Waals surface area contributed by atoms with E-state index in [1.165, 1.54) is 51.1 Å². The molecule has 4 rings (SSSR count).